The summed E-state index contributed by atoms with van der Waals surface area (Å²) in [6.45, 7) is 0. The molecule has 5 rings (SSSR count). The van der Waals surface area contributed by atoms with Crippen molar-refractivity contribution >= 4 is 45.8 Å². The molecule has 0 saturated carbocycles. The molecule has 0 spiro atoms. The quantitative estimate of drug-likeness (QED) is 0.302. The van der Waals surface area contributed by atoms with E-state index < -0.39 is 23.4 Å². The van der Waals surface area contributed by atoms with Crippen molar-refractivity contribution in [1.29, 1.82) is 0 Å². The maximum absolute atomic E-state index is 14.3. The third kappa shape index (κ3) is 4.89. The SMILES string of the molecule is O=C(Nc1cc(F)cc(C(=O)c2ccc3ncc(-n4ccnc4)nc3c2)c1)Nc1ccc(Cl)c(F)c1. The van der Waals surface area contributed by atoms with Gasteiger partial charge in [-0.25, -0.2) is 23.5 Å². The van der Waals surface area contributed by atoms with Crippen LogP contribution in [-0.4, -0.2) is 31.3 Å². The topological polar surface area (TPSA) is 102 Å². The van der Waals surface area contributed by atoms with Crippen LogP contribution in [0.1, 0.15) is 15.9 Å². The number of imidazole rings is 1. The van der Waals surface area contributed by atoms with Crippen LogP contribution in [-0.2, 0) is 0 Å². The van der Waals surface area contributed by atoms with Crippen molar-refractivity contribution in [3.05, 3.63) is 107 Å². The monoisotopic (exact) mass is 504 g/mol. The molecule has 0 saturated heterocycles. The van der Waals surface area contributed by atoms with Gasteiger partial charge in [-0.15, -0.1) is 0 Å². The van der Waals surface area contributed by atoms with Gasteiger partial charge in [0, 0.05) is 34.9 Å². The Balaban J connectivity index is 1.38. The number of hydrogen-bond donors (Lipinski definition) is 2. The zero-order valence-corrected chi connectivity index (χ0v) is 19.0. The Bertz CT molecular complexity index is 1630. The average Bonchev–Trinajstić information content (AvgIpc) is 3.40. The number of nitrogens with zero attached hydrogens (tertiary/aromatic N) is 4. The minimum absolute atomic E-state index is 0.0147. The van der Waals surface area contributed by atoms with E-state index in [1.165, 1.54) is 18.2 Å². The highest BCUT2D eigenvalue weighted by atomic mass is 35.5. The lowest BCUT2D eigenvalue weighted by atomic mass is 10.0. The maximum Gasteiger partial charge on any atom is 0.323 e. The van der Waals surface area contributed by atoms with E-state index in [4.69, 9.17) is 11.6 Å². The summed E-state index contributed by atoms with van der Waals surface area (Å²) in [4.78, 5) is 38.3. The van der Waals surface area contributed by atoms with Crippen molar-refractivity contribution in [2.45, 2.75) is 0 Å². The Hall–Kier alpha value is -4.70. The summed E-state index contributed by atoms with van der Waals surface area (Å²) in [7, 11) is 0. The molecule has 2 heterocycles. The Morgan fingerprint density at radius 3 is 2.50 bits per heavy atom. The fourth-order valence-corrected chi connectivity index (χ4v) is 3.61. The zero-order chi connectivity index (χ0) is 25.2. The molecule has 36 heavy (non-hydrogen) atoms. The fourth-order valence-electron chi connectivity index (χ4n) is 3.49. The Morgan fingerprint density at radius 2 is 1.72 bits per heavy atom. The normalized spacial score (nSPS) is 10.9. The van der Waals surface area contributed by atoms with Crippen molar-refractivity contribution in [3.8, 4) is 5.82 Å². The highest BCUT2D eigenvalue weighted by Crippen LogP contribution is 2.22. The molecule has 2 amide bonds. The molecule has 0 atom stereocenters. The summed E-state index contributed by atoms with van der Waals surface area (Å²) in [6, 6.07) is 11.2. The second-order valence-electron chi connectivity index (χ2n) is 7.67. The predicted octanol–water partition coefficient (Wildman–Crippen LogP) is 5.62. The number of nitrogens with one attached hydrogen (secondary N) is 2. The van der Waals surface area contributed by atoms with Crippen molar-refractivity contribution in [3.63, 3.8) is 0 Å². The summed E-state index contributed by atoms with van der Waals surface area (Å²) in [5.74, 6) is -1.38. The van der Waals surface area contributed by atoms with Crippen LogP contribution in [0.5, 0.6) is 0 Å². The molecule has 0 radical (unpaired) electrons. The molecule has 3 aromatic carbocycles. The lowest BCUT2D eigenvalue weighted by Gasteiger charge is -2.10. The van der Waals surface area contributed by atoms with E-state index >= 15 is 0 Å². The van der Waals surface area contributed by atoms with Crippen LogP contribution in [0.2, 0.25) is 5.02 Å². The highest BCUT2D eigenvalue weighted by molar-refractivity contribution is 6.30. The van der Waals surface area contributed by atoms with Gasteiger partial charge < -0.3 is 10.6 Å². The first-order valence-corrected chi connectivity index (χ1v) is 10.9. The number of ketones is 1. The summed E-state index contributed by atoms with van der Waals surface area (Å²) >= 11 is 5.64. The highest BCUT2D eigenvalue weighted by Gasteiger charge is 2.15. The smallest absolute Gasteiger partial charge is 0.308 e. The fraction of sp³-hybridized carbons (Fsp3) is 0. The van der Waals surface area contributed by atoms with E-state index in [-0.39, 0.29) is 27.5 Å². The third-order valence-corrected chi connectivity index (χ3v) is 5.46. The van der Waals surface area contributed by atoms with Gasteiger partial charge in [-0.2, -0.15) is 0 Å². The number of fused-ring (bicyclic) bond motifs is 1. The molecule has 178 valence electrons. The van der Waals surface area contributed by atoms with Gasteiger partial charge in [0.25, 0.3) is 0 Å². The molecule has 0 fully saturated rings. The molecule has 8 nitrogen and oxygen atoms in total. The maximum atomic E-state index is 14.3. The van der Waals surface area contributed by atoms with Crippen molar-refractivity contribution in [2.75, 3.05) is 10.6 Å². The number of anilines is 2. The molecule has 0 aliphatic heterocycles. The number of carbonyl (C=O) groups is 2. The molecule has 0 unspecified atom stereocenters. The number of aromatic nitrogens is 4. The molecule has 0 bridgehead atoms. The van der Waals surface area contributed by atoms with Gasteiger partial charge in [0.1, 0.15) is 18.0 Å². The molecular weight excluding hydrogens is 490 g/mol. The van der Waals surface area contributed by atoms with Gasteiger partial charge in [0.15, 0.2) is 11.6 Å². The standard InChI is InChI=1S/C25H15ClF2N6O2/c26-19-3-2-17(11-20(19)28)31-25(36)32-18-8-15(7-16(27)10-18)24(35)14-1-4-21-22(9-14)33-23(12-30-21)34-6-5-29-13-34/h1-13H,(H2,31,32,36). The summed E-state index contributed by atoms with van der Waals surface area (Å²) in [5.41, 5.74) is 1.50. The van der Waals surface area contributed by atoms with Crippen molar-refractivity contribution in [2.24, 2.45) is 0 Å². The van der Waals surface area contributed by atoms with E-state index in [9.17, 15) is 18.4 Å². The molecular formula is C25H15ClF2N6O2. The van der Waals surface area contributed by atoms with Crippen LogP contribution in [0, 0.1) is 11.6 Å². The van der Waals surface area contributed by atoms with Gasteiger partial charge in [-0.1, -0.05) is 11.6 Å². The van der Waals surface area contributed by atoms with E-state index in [0.717, 1.165) is 18.2 Å². The molecule has 5 aromatic rings. The number of carbonyl (C=O) groups excluding carboxylic acids is 2. The van der Waals surface area contributed by atoms with Crippen molar-refractivity contribution in [1.82, 2.24) is 19.5 Å². The summed E-state index contributed by atoms with van der Waals surface area (Å²) < 4.78 is 29.6. The Kier molecular flexibility index (Phi) is 6.09. The van der Waals surface area contributed by atoms with Gasteiger partial charge in [-0.05, 0) is 54.6 Å². The van der Waals surface area contributed by atoms with Crippen LogP contribution in [0.4, 0.5) is 25.0 Å². The predicted molar refractivity (Wildman–Crippen MR) is 131 cm³/mol. The van der Waals surface area contributed by atoms with E-state index in [2.05, 4.69) is 25.6 Å². The Morgan fingerprint density at radius 1 is 0.889 bits per heavy atom. The zero-order valence-electron chi connectivity index (χ0n) is 18.2. The minimum Gasteiger partial charge on any atom is -0.308 e. The number of halogens is 3. The van der Waals surface area contributed by atoms with Gasteiger partial charge in [-0.3, -0.25) is 14.3 Å². The van der Waals surface area contributed by atoms with Gasteiger partial charge in [0.2, 0.25) is 0 Å². The largest absolute Gasteiger partial charge is 0.323 e. The van der Waals surface area contributed by atoms with Crippen LogP contribution in [0.25, 0.3) is 16.9 Å². The lowest BCUT2D eigenvalue weighted by Crippen LogP contribution is -2.20. The van der Waals surface area contributed by atoms with Crippen LogP contribution < -0.4 is 10.6 Å². The van der Waals surface area contributed by atoms with Crippen LogP contribution >= 0.6 is 11.6 Å². The molecule has 0 aliphatic carbocycles. The Labute approximate surface area is 207 Å². The van der Waals surface area contributed by atoms with E-state index in [1.54, 1.807) is 47.7 Å². The molecule has 0 aliphatic rings. The third-order valence-electron chi connectivity index (χ3n) is 5.16. The van der Waals surface area contributed by atoms with Crippen LogP contribution in [0.3, 0.4) is 0 Å². The minimum atomic E-state index is -0.756. The number of hydrogen-bond acceptors (Lipinski definition) is 5. The van der Waals surface area contributed by atoms with Gasteiger partial charge >= 0.3 is 6.03 Å². The lowest BCUT2D eigenvalue weighted by molar-refractivity contribution is 0.103. The first-order chi connectivity index (χ1) is 17.4. The number of benzene rings is 3. The number of urea groups is 1. The van der Waals surface area contributed by atoms with Crippen LogP contribution in [0.15, 0.2) is 79.5 Å². The summed E-state index contributed by atoms with van der Waals surface area (Å²) in [5, 5.41) is 4.76. The van der Waals surface area contributed by atoms with E-state index in [0.29, 0.717) is 16.9 Å². The van der Waals surface area contributed by atoms with Gasteiger partial charge in [0.05, 0.1) is 22.3 Å². The average molecular weight is 505 g/mol. The molecule has 2 aromatic heterocycles. The number of amides is 2. The van der Waals surface area contributed by atoms with E-state index in [1.807, 2.05) is 0 Å². The second-order valence-corrected chi connectivity index (χ2v) is 8.07. The first kappa shape index (κ1) is 23.1. The first-order valence-electron chi connectivity index (χ1n) is 10.5. The second kappa shape index (κ2) is 9.51. The summed E-state index contributed by atoms with van der Waals surface area (Å²) in [6.07, 6.45) is 6.48. The molecule has 11 heteroatoms. The number of rotatable bonds is 5. The molecule has 2 N–H and O–H groups in total. The van der Waals surface area contributed by atoms with Crippen molar-refractivity contribution < 1.29 is 18.4 Å².